The number of ether oxygens (including phenoxy) is 1. The molecular weight excluding hydrogens is 365 g/mol. The summed E-state index contributed by atoms with van der Waals surface area (Å²) in [5, 5.41) is 2.48. The number of unbranched alkanes of at least 4 members (excludes halogenated alkanes) is 1. The third kappa shape index (κ3) is 5.72. The number of amides is 2. The van der Waals surface area contributed by atoms with E-state index in [2.05, 4.69) is 5.32 Å². The summed E-state index contributed by atoms with van der Waals surface area (Å²) in [6.07, 6.45) is -1.39. The average Bonchev–Trinajstić information content (AvgIpc) is 3.22. The van der Waals surface area contributed by atoms with Gasteiger partial charge in [0.15, 0.2) is 5.76 Å². The van der Waals surface area contributed by atoms with Gasteiger partial charge in [0.1, 0.15) is 6.61 Å². The van der Waals surface area contributed by atoms with Gasteiger partial charge in [0, 0.05) is 37.7 Å². The number of carbonyl (C=O) groups excluding carboxylic acids is 2. The van der Waals surface area contributed by atoms with Crippen LogP contribution < -0.4 is 5.32 Å². The number of furan rings is 1. The summed E-state index contributed by atoms with van der Waals surface area (Å²) in [4.78, 5) is 25.3. The van der Waals surface area contributed by atoms with Crippen LogP contribution in [0, 0.1) is 18.8 Å². The number of nitrogens with one attached hydrogen (secondary N) is 1. The van der Waals surface area contributed by atoms with E-state index in [4.69, 9.17) is 9.15 Å². The van der Waals surface area contributed by atoms with E-state index in [0.29, 0.717) is 12.2 Å². The number of hydrogen-bond donors (Lipinski definition) is 1. The van der Waals surface area contributed by atoms with Crippen LogP contribution in [0.1, 0.15) is 35.9 Å². The molecule has 0 radical (unpaired) electrons. The highest BCUT2D eigenvalue weighted by atomic mass is 19.4. The van der Waals surface area contributed by atoms with Crippen molar-refractivity contribution in [3.05, 3.63) is 23.7 Å². The summed E-state index contributed by atoms with van der Waals surface area (Å²) in [5.74, 6) is -3.59. The van der Waals surface area contributed by atoms with Crippen molar-refractivity contribution >= 4 is 11.8 Å². The fourth-order valence-electron chi connectivity index (χ4n) is 3.06. The van der Waals surface area contributed by atoms with Crippen LogP contribution in [0.4, 0.5) is 13.2 Å². The van der Waals surface area contributed by atoms with Crippen LogP contribution in [0.2, 0.25) is 0 Å². The summed E-state index contributed by atoms with van der Waals surface area (Å²) in [6, 6.07) is 1.58. The standard InChI is InChI=1S/C18H25F3N2O4/c1-3-4-6-26-11-15(24)22-8-13-9-23(10-14(13)18(19,20)21)17(25)16-12(2)5-7-27-16/h5,7,13-14H,3-4,6,8-11H2,1-2H3,(H,22,24). The first kappa shape index (κ1) is 21.3. The second-order valence-electron chi connectivity index (χ2n) is 6.76. The Morgan fingerprint density at radius 3 is 2.70 bits per heavy atom. The molecular formula is C18H25F3N2O4. The third-order valence-corrected chi connectivity index (χ3v) is 4.64. The van der Waals surface area contributed by atoms with E-state index in [0.717, 1.165) is 17.7 Å². The minimum Gasteiger partial charge on any atom is -0.459 e. The minimum absolute atomic E-state index is 0.0462. The summed E-state index contributed by atoms with van der Waals surface area (Å²) in [7, 11) is 0. The fraction of sp³-hybridized carbons (Fsp3) is 0.667. The molecule has 1 fully saturated rings. The molecule has 2 heterocycles. The summed E-state index contributed by atoms with van der Waals surface area (Å²) in [5.41, 5.74) is 0.574. The molecule has 2 rings (SSSR count). The highest BCUT2D eigenvalue weighted by molar-refractivity contribution is 5.93. The molecule has 1 aromatic heterocycles. The number of rotatable bonds is 8. The normalized spacial score (nSPS) is 20.1. The van der Waals surface area contributed by atoms with Gasteiger partial charge in [0.25, 0.3) is 5.91 Å². The van der Waals surface area contributed by atoms with Gasteiger partial charge in [0.2, 0.25) is 5.91 Å². The number of nitrogens with zero attached hydrogens (tertiary/aromatic N) is 1. The van der Waals surface area contributed by atoms with Crippen molar-refractivity contribution in [3.63, 3.8) is 0 Å². The second kappa shape index (κ2) is 9.25. The molecule has 6 nitrogen and oxygen atoms in total. The van der Waals surface area contributed by atoms with Crippen LogP contribution in [0.25, 0.3) is 0 Å². The van der Waals surface area contributed by atoms with Gasteiger partial charge in [-0.2, -0.15) is 13.2 Å². The maximum absolute atomic E-state index is 13.4. The van der Waals surface area contributed by atoms with Gasteiger partial charge in [-0.3, -0.25) is 9.59 Å². The number of halogens is 3. The second-order valence-corrected chi connectivity index (χ2v) is 6.76. The van der Waals surface area contributed by atoms with Crippen LogP contribution in [0.15, 0.2) is 16.7 Å². The quantitative estimate of drug-likeness (QED) is 0.693. The van der Waals surface area contributed by atoms with Crippen molar-refractivity contribution in [2.24, 2.45) is 11.8 Å². The Balaban J connectivity index is 1.94. The maximum Gasteiger partial charge on any atom is 0.393 e. The largest absolute Gasteiger partial charge is 0.459 e. The molecule has 0 bridgehead atoms. The molecule has 1 N–H and O–H groups in total. The molecule has 2 unspecified atom stereocenters. The summed E-state index contributed by atoms with van der Waals surface area (Å²) >= 11 is 0. The van der Waals surface area contributed by atoms with Crippen LogP contribution in [0.3, 0.4) is 0 Å². The van der Waals surface area contributed by atoms with Crippen LogP contribution in [-0.2, 0) is 9.53 Å². The lowest BCUT2D eigenvalue weighted by molar-refractivity contribution is -0.180. The zero-order chi connectivity index (χ0) is 20.0. The molecule has 1 aliphatic rings. The van der Waals surface area contributed by atoms with E-state index in [1.807, 2.05) is 6.92 Å². The number of likely N-dealkylation sites (tertiary alicyclic amines) is 1. The Kier molecular flexibility index (Phi) is 7.29. The molecule has 1 saturated heterocycles. The predicted octanol–water partition coefficient (Wildman–Crippen LogP) is 2.77. The van der Waals surface area contributed by atoms with Crippen LogP contribution >= 0.6 is 0 Å². The maximum atomic E-state index is 13.4. The Hall–Kier alpha value is -2.03. The topological polar surface area (TPSA) is 71.8 Å². The van der Waals surface area contributed by atoms with Gasteiger partial charge in [0.05, 0.1) is 12.2 Å². The van der Waals surface area contributed by atoms with Gasteiger partial charge in [-0.25, -0.2) is 0 Å². The summed E-state index contributed by atoms with van der Waals surface area (Å²) < 4.78 is 50.4. The van der Waals surface area contributed by atoms with Gasteiger partial charge in [-0.05, 0) is 19.4 Å². The fourth-order valence-corrected chi connectivity index (χ4v) is 3.06. The Bertz CT molecular complexity index is 645. The van der Waals surface area contributed by atoms with Gasteiger partial charge in [-0.15, -0.1) is 0 Å². The van der Waals surface area contributed by atoms with E-state index in [1.54, 1.807) is 13.0 Å². The van der Waals surface area contributed by atoms with E-state index in [1.165, 1.54) is 6.26 Å². The SMILES string of the molecule is CCCCOCC(=O)NCC1CN(C(=O)c2occc2C)CC1C(F)(F)F. The molecule has 152 valence electrons. The lowest BCUT2D eigenvalue weighted by atomic mass is 9.95. The molecule has 0 saturated carbocycles. The van der Waals surface area contributed by atoms with E-state index in [-0.39, 0.29) is 25.5 Å². The molecule has 27 heavy (non-hydrogen) atoms. The van der Waals surface area contributed by atoms with Crippen molar-refractivity contribution < 1.29 is 31.9 Å². The Morgan fingerprint density at radius 2 is 2.11 bits per heavy atom. The van der Waals surface area contributed by atoms with Crippen molar-refractivity contribution in [3.8, 4) is 0 Å². The van der Waals surface area contributed by atoms with E-state index < -0.39 is 36.4 Å². The Morgan fingerprint density at radius 1 is 1.37 bits per heavy atom. The Labute approximate surface area is 156 Å². The third-order valence-electron chi connectivity index (χ3n) is 4.64. The molecule has 0 aliphatic carbocycles. The van der Waals surface area contributed by atoms with E-state index in [9.17, 15) is 22.8 Å². The predicted molar refractivity (Wildman–Crippen MR) is 91.1 cm³/mol. The lowest BCUT2D eigenvalue weighted by Crippen LogP contribution is -2.38. The molecule has 1 aromatic rings. The molecule has 1 aliphatic heterocycles. The minimum atomic E-state index is -4.46. The van der Waals surface area contributed by atoms with E-state index >= 15 is 0 Å². The molecule has 0 spiro atoms. The highest BCUT2D eigenvalue weighted by Gasteiger charge is 2.51. The smallest absolute Gasteiger partial charge is 0.393 e. The van der Waals surface area contributed by atoms with Gasteiger partial charge >= 0.3 is 6.18 Å². The number of alkyl halides is 3. The van der Waals surface area contributed by atoms with Crippen molar-refractivity contribution in [1.29, 1.82) is 0 Å². The van der Waals surface area contributed by atoms with Gasteiger partial charge < -0.3 is 19.4 Å². The number of aryl methyl sites for hydroxylation is 1. The summed E-state index contributed by atoms with van der Waals surface area (Å²) in [6.45, 7) is 3.18. The molecule has 0 aromatic carbocycles. The van der Waals surface area contributed by atoms with Crippen molar-refractivity contribution in [2.45, 2.75) is 32.9 Å². The molecule has 9 heteroatoms. The monoisotopic (exact) mass is 390 g/mol. The number of carbonyl (C=O) groups is 2. The first-order valence-electron chi connectivity index (χ1n) is 8.98. The molecule has 2 atom stereocenters. The molecule has 2 amide bonds. The zero-order valence-corrected chi connectivity index (χ0v) is 15.5. The first-order chi connectivity index (χ1) is 12.7. The highest BCUT2D eigenvalue weighted by Crippen LogP contribution is 2.38. The average molecular weight is 390 g/mol. The first-order valence-corrected chi connectivity index (χ1v) is 8.98. The van der Waals surface area contributed by atoms with Crippen LogP contribution in [0.5, 0.6) is 0 Å². The zero-order valence-electron chi connectivity index (χ0n) is 15.5. The van der Waals surface area contributed by atoms with Gasteiger partial charge in [-0.1, -0.05) is 13.3 Å². The van der Waals surface area contributed by atoms with Crippen molar-refractivity contribution in [2.75, 3.05) is 32.8 Å². The van der Waals surface area contributed by atoms with Crippen LogP contribution in [-0.4, -0.2) is 55.7 Å². The van der Waals surface area contributed by atoms with Crippen molar-refractivity contribution in [1.82, 2.24) is 10.2 Å². The lowest BCUT2D eigenvalue weighted by Gasteiger charge is -2.21. The number of hydrogen-bond acceptors (Lipinski definition) is 4.